The van der Waals surface area contributed by atoms with E-state index in [0.717, 1.165) is 10.8 Å². The Morgan fingerprint density at radius 3 is 2.75 bits per heavy atom. The van der Waals surface area contributed by atoms with Crippen molar-refractivity contribution < 1.29 is 14.3 Å². The van der Waals surface area contributed by atoms with Crippen molar-refractivity contribution in [3.8, 4) is 0 Å². The van der Waals surface area contributed by atoms with E-state index in [2.05, 4.69) is 11.6 Å². The van der Waals surface area contributed by atoms with Gasteiger partial charge in [-0.05, 0) is 18.4 Å². The first-order valence-corrected chi connectivity index (χ1v) is 6.35. The number of aromatic nitrogens is 1. The van der Waals surface area contributed by atoms with E-state index in [1.54, 1.807) is 13.1 Å². The van der Waals surface area contributed by atoms with Crippen molar-refractivity contribution in [2.75, 3.05) is 6.61 Å². The number of Topliss-reactive ketones (excluding diaryl/α,β-unsaturated/α-hetero) is 1. The quantitative estimate of drug-likeness (QED) is 0.362. The van der Waals surface area contributed by atoms with Crippen molar-refractivity contribution in [1.82, 2.24) is 4.98 Å². The normalized spacial score (nSPS) is 10.2. The maximum absolute atomic E-state index is 12.0. The number of carbonyl (C=O) groups excluding carboxylic acids is 2. The number of carbonyl (C=O) groups is 2. The van der Waals surface area contributed by atoms with Gasteiger partial charge in [-0.3, -0.25) is 9.78 Å². The highest BCUT2D eigenvalue weighted by atomic mass is 16.5. The second kappa shape index (κ2) is 6.10. The second-order valence-electron chi connectivity index (χ2n) is 4.28. The zero-order chi connectivity index (χ0) is 14.5. The lowest BCUT2D eigenvalue weighted by Crippen LogP contribution is -2.17. The predicted molar refractivity (Wildman–Crippen MR) is 76.2 cm³/mol. The summed E-state index contributed by atoms with van der Waals surface area (Å²) in [6, 6.07) is 9.54. The number of nitrogens with zero attached hydrogens (tertiary/aromatic N) is 1. The fourth-order valence-electron chi connectivity index (χ4n) is 1.91. The number of hydrogen-bond donors (Lipinski definition) is 0. The molecule has 2 rings (SSSR count). The molecule has 0 aliphatic carbocycles. The third kappa shape index (κ3) is 2.91. The molecule has 0 saturated heterocycles. The molecule has 0 N–H and O–H groups in total. The lowest BCUT2D eigenvalue weighted by Gasteiger charge is -2.06. The van der Waals surface area contributed by atoms with Crippen LogP contribution >= 0.6 is 0 Å². The number of hydrogen-bond acceptors (Lipinski definition) is 4. The number of fused-ring (bicyclic) bond motifs is 1. The van der Waals surface area contributed by atoms with E-state index < -0.39 is 5.97 Å². The molecule has 1 heterocycles. The van der Waals surface area contributed by atoms with Crippen LogP contribution in [0.5, 0.6) is 0 Å². The largest absolute Gasteiger partial charge is 0.462 e. The molecule has 4 heteroatoms. The predicted octanol–water partition coefficient (Wildman–Crippen LogP) is 2.47. The number of rotatable bonds is 5. The highest BCUT2D eigenvalue weighted by molar-refractivity contribution is 6.17. The standard InChI is InChI=1S/C16H15NO3/c1-3-20-16(19)11(2)15(18)10-14-13-7-5-4-6-12(13)8-9-17-14/h4-9H,2-3,10H2,1H3. The van der Waals surface area contributed by atoms with Crippen LogP contribution in [0.4, 0.5) is 0 Å². The molecule has 0 aliphatic heterocycles. The molecule has 1 aromatic heterocycles. The monoisotopic (exact) mass is 269 g/mol. The van der Waals surface area contributed by atoms with E-state index >= 15 is 0 Å². The van der Waals surface area contributed by atoms with E-state index in [0.29, 0.717) is 5.69 Å². The highest BCUT2D eigenvalue weighted by Gasteiger charge is 2.18. The van der Waals surface area contributed by atoms with E-state index in [9.17, 15) is 9.59 Å². The van der Waals surface area contributed by atoms with Crippen LogP contribution in [-0.4, -0.2) is 23.3 Å². The number of ether oxygens (including phenoxy) is 1. The Kier molecular flexibility index (Phi) is 4.25. The van der Waals surface area contributed by atoms with Gasteiger partial charge in [-0.15, -0.1) is 0 Å². The zero-order valence-corrected chi connectivity index (χ0v) is 11.3. The smallest absolute Gasteiger partial charge is 0.341 e. The zero-order valence-electron chi connectivity index (χ0n) is 11.3. The van der Waals surface area contributed by atoms with E-state index in [1.807, 2.05) is 30.3 Å². The van der Waals surface area contributed by atoms with Crippen LogP contribution in [0.25, 0.3) is 10.8 Å². The Hall–Kier alpha value is -2.49. The summed E-state index contributed by atoms with van der Waals surface area (Å²) in [4.78, 5) is 27.7. The van der Waals surface area contributed by atoms with Gasteiger partial charge in [0, 0.05) is 11.6 Å². The molecule has 4 nitrogen and oxygen atoms in total. The first kappa shape index (κ1) is 13.9. The van der Waals surface area contributed by atoms with E-state index in [4.69, 9.17) is 4.74 Å². The third-order valence-electron chi connectivity index (χ3n) is 2.94. The molecule has 102 valence electrons. The number of pyridine rings is 1. The third-order valence-corrected chi connectivity index (χ3v) is 2.94. The van der Waals surface area contributed by atoms with Crippen LogP contribution in [0.15, 0.2) is 48.7 Å². The molecule has 0 fully saturated rings. The fourth-order valence-corrected chi connectivity index (χ4v) is 1.91. The summed E-state index contributed by atoms with van der Waals surface area (Å²) in [6.45, 7) is 5.40. The minimum atomic E-state index is -0.669. The summed E-state index contributed by atoms with van der Waals surface area (Å²) in [5.74, 6) is -1.04. The molecule has 0 bridgehead atoms. The number of benzene rings is 1. The Labute approximate surface area is 117 Å². The number of ketones is 1. The Bertz CT molecular complexity index is 671. The molecule has 20 heavy (non-hydrogen) atoms. The van der Waals surface area contributed by atoms with Crippen molar-refractivity contribution in [2.24, 2.45) is 0 Å². The average Bonchev–Trinajstić information content (AvgIpc) is 2.47. The van der Waals surface area contributed by atoms with Crippen LogP contribution in [0.1, 0.15) is 12.6 Å². The molecular weight excluding hydrogens is 254 g/mol. The minimum absolute atomic E-state index is 0.0407. The summed E-state index contributed by atoms with van der Waals surface area (Å²) < 4.78 is 4.77. The van der Waals surface area contributed by atoms with Crippen molar-refractivity contribution >= 4 is 22.5 Å². The molecule has 0 spiro atoms. The number of esters is 1. The molecule has 0 aliphatic rings. The van der Waals surface area contributed by atoms with Gasteiger partial charge >= 0.3 is 5.97 Å². The topological polar surface area (TPSA) is 56.3 Å². The molecular formula is C16H15NO3. The summed E-state index contributed by atoms with van der Waals surface area (Å²) in [5, 5.41) is 1.91. The van der Waals surface area contributed by atoms with Crippen LogP contribution in [0.2, 0.25) is 0 Å². The Morgan fingerprint density at radius 1 is 1.25 bits per heavy atom. The van der Waals surface area contributed by atoms with Crippen LogP contribution in [-0.2, 0) is 20.7 Å². The first-order chi connectivity index (χ1) is 9.63. The van der Waals surface area contributed by atoms with Crippen molar-refractivity contribution in [2.45, 2.75) is 13.3 Å². The van der Waals surface area contributed by atoms with Gasteiger partial charge in [0.25, 0.3) is 0 Å². The summed E-state index contributed by atoms with van der Waals surface area (Å²) >= 11 is 0. The molecule has 0 radical (unpaired) electrons. The molecule has 2 aromatic rings. The summed E-state index contributed by atoms with van der Waals surface area (Å²) in [5.41, 5.74) is 0.500. The summed E-state index contributed by atoms with van der Waals surface area (Å²) in [7, 11) is 0. The maximum atomic E-state index is 12.0. The molecule has 0 amide bonds. The maximum Gasteiger partial charge on any atom is 0.341 e. The summed E-state index contributed by atoms with van der Waals surface area (Å²) in [6.07, 6.45) is 1.69. The van der Waals surface area contributed by atoms with Gasteiger partial charge in [0.2, 0.25) is 0 Å². The van der Waals surface area contributed by atoms with Crippen molar-refractivity contribution in [1.29, 1.82) is 0 Å². The van der Waals surface area contributed by atoms with Gasteiger partial charge in [-0.1, -0.05) is 30.8 Å². The SMILES string of the molecule is C=C(C(=O)Cc1nccc2ccccc12)C(=O)OCC. The van der Waals surface area contributed by atoms with Crippen LogP contribution < -0.4 is 0 Å². The molecule has 0 unspecified atom stereocenters. The highest BCUT2D eigenvalue weighted by Crippen LogP contribution is 2.17. The molecule has 1 aromatic carbocycles. The van der Waals surface area contributed by atoms with Gasteiger partial charge in [-0.25, -0.2) is 4.79 Å². The van der Waals surface area contributed by atoms with Gasteiger partial charge < -0.3 is 4.74 Å². The Morgan fingerprint density at radius 2 is 2.00 bits per heavy atom. The first-order valence-electron chi connectivity index (χ1n) is 6.35. The lowest BCUT2D eigenvalue weighted by molar-refractivity contribution is -0.139. The second-order valence-corrected chi connectivity index (χ2v) is 4.28. The molecule has 0 atom stereocenters. The van der Waals surface area contributed by atoms with Crippen LogP contribution in [0, 0.1) is 0 Å². The van der Waals surface area contributed by atoms with E-state index in [-0.39, 0.29) is 24.4 Å². The van der Waals surface area contributed by atoms with Gasteiger partial charge in [0.05, 0.1) is 24.3 Å². The molecule has 0 saturated carbocycles. The van der Waals surface area contributed by atoms with E-state index in [1.165, 1.54) is 0 Å². The lowest BCUT2D eigenvalue weighted by atomic mass is 10.0. The average molecular weight is 269 g/mol. The minimum Gasteiger partial charge on any atom is -0.462 e. The van der Waals surface area contributed by atoms with Gasteiger partial charge in [0.1, 0.15) is 0 Å². The van der Waals surface area contributed by atoms with Gasteiger partial charge in [-0.2, -0.15) is 0 Å². The van der Waals surface area contributed by atoms with Gasteiger partial charge in [0.15, 0.2) is 5.78 Å². The Balaban J connectivity index is 2.22. The van der Waals surface area contributed by atoms with Crippen LogP contribution in [0.3, 0.4) is 0 Å². The van der Waals surface area contributed by atoms with Crippen molar-refractivity contribution in [3.63, 3.8) is 0 Å². The van der Waals surface area contributed by atoms with Crippen molar-refractivity contribution in [3.05, 3.63) is 54.4 Å². The fraction of sp³-hybridized carbons (Fsp3) is 0.188.